The van der Waals surface area contributed by atoms with E-state index in [0.29, 0.717) is 47.1 Å². The number of anilines is 1. The maximum atomic E-state index is 13.4. The molecule has 0 spiro atoms. The van der Waals surface area contributed by atoms with Crippen molar-refractivity contribution in [2.75, 3.05) is 38.8 Å². The number of carbonyl (C=O) groups is 2. The van der Waals surface area contributed by atoms with Crippen LogP contribution in [0.2, 0.25) is 0 Å². The monoisotopic (exact) mass is 746 g/mol. The summed E-state index contributed by atoms with van der Waals surface area (Å²) in [6.07, 6.45) is 10.9. The molecule has 14 heteroatoms. The van der Waals surface area contributed by atoms with E-state index in [-0.39, 0.29) is 34.9 Å². The fraction of sp³-hybridized carbons (Fsp3) is 0.317. The Bertz CT molecular complexity index is 2250. The lowest BCUT2D eigenvalue weighted by molar-refractivity contribution is 0.0533. The highest BCUT2D eigenvalue weighted by molar-refractivity contribution is 5.94. The number of carbonyl (C=O) groups excluding carboxylic acids is 2. The fourth-order valence-electron chi connectivity index (χ4n) is 7.08. The van der Waals surface area contributed by atoms with Crippen LogP contribution >= 0.6 is 0 Å². The first kappa shape index (κ1) is 38.8. The van der Waals surface area contributed by atoms with E-state index in [1.165, 1.54) is 19.8 Å². The minimum absolute atomic E-state index is 0.100. The number of hydrogen-bond donors (Lipinski definition) is 3. The molecule has 55 heavy (non-hydrogen) atoms. The van der Waals surface area contributed by atoms with Crippen LogP contribution in [-0.4, -0.2) is 64.8 Å². The molecule has 1 saturated carbocycles. The molecule has 0 bridgehead atoms. The van der Waals surface area contributed by atoms with Gasteiger partial charge in [0.25, 0.3) is 22.9 Å². The highest BCUT2D eigenvalue weighted by Crippen LogP contribution is 2.31. The molecular weight excluding hydrogens is 701 g/mol. The van der Waals surface area contributed by atoms with E-state index in [2.05, 4.69) is 43.2 Å². The van der Waals surface area contributed by atoms with Gasteiger partial charge in [0.1, 0.15) is 5.69 Å². The molecule has 7 rings (SSSR count). The lowest BCUT2D eigenvalue weighted by Gasteiger charge is -2.34. The topological polar surface area (TPSA) is 162 Å². The van der Waals surface area contributed by atoms with Gasteiger partial charge in [0.15, 0.2) is 5.82 Å². The van der Waals surface area contributed by atoms with Gasteiger partial charge in [-0.25, -0.2) is 15.9 Å². The van der Waals surface area contributed by atoms with Crippen molar-refractivity contribution in [2.45, 2.75) is 51.5 Å². The smallest absolute Gasteiger partial charge is 0.298 e. The summed E-state index contributed by atoms with van der Waals surface area (Å²) in [6.45, 7) is 5.89. The number of hydroxylamine groups is 2. The lowest BCUT2D eigenvalue weighted by Crippen LogP contribution is -2.48. The maximum absolute atomic E-state index is 13.4. The third-order valence-corrected chi connectivity index (χ3v) is 9.96. The van der Waals surface area contributed by atoms with E-state index in [9.17, 15) is 19.2 Å². The van der Waals surface area contributed by atoms with Gasteiger partial charge in [-0.2, -0.15) is 0 Å². The van der Waals surface area contributed by atoms with Crippen LogP contribution in [0.4, 0.5) is 5.82 Å². The second-order valence-electron chi connectivity index (χ2n) is 13.5. The number of piperazine rings is 1. The molecular formula is C41H46N8O6. The molecule has 3 N–H and O–H groups in total. The van der Waals surface area contributed by atoms with Crippen LogP contribution in [0.1, 0.15) is 80.7 Å². The van der Waals surface area contributed by atoms with Crippen molar-refractivity contribution in [3.63, 3.8) is 0 Å². The third kappa shape index (κ3) is 8.89. The van der Waals surface area contributed by atoms with Crippen LogP contribution < -0.4 is 32.3 Å². The minimum Gasteiger partial charge on any atom is -0.349 e. The molecule has 2 fully saturated rings. The van der Waals surface area contributed by atoms with Crippen molar-refractivity contribution in [3.05, 3.63) is 146 Å². The van der Waals surface area contributed by atoms with Gasteiger partial charge in [0, 0.05) is 67.5 Å². The van der Waals surface area contributed by atoms with Crippen LogP contribution in [0.25, 0.3) is 11.4 Å². The molecule has 3 aromatic carbocycles. The summed E-state index contributed by atoms with van der Waals surface area (Å²) in [7, 11) is 2.76. The van der Waals surface area contributed by atoms with Crippen molar-refractivity contribution in [3.8, 4) is 11.4 Å². The molecule has 286 valence electrons. The van der Waals surface area contributed by atoms with Gasteiger partial charge in [-0.05, 0) is 67.6 Å². The zero-order valence-electron chi connectivity index (χ0n) is 31.5. The predicted molar refractivity (Wildman–Crippen MR) is 209 cm³/mol. The summed E-state index contributed by atoms with van der Waals surface area (Å²) in [5.74, 6) is -0.0861. The van der Waals surface area contributed by atoms with E-state index in [0.717, 1.165) is 43.4 Å². The van der Waals surface area contributed by atoms with Gasteiger partial charge in [0.2, 0.25) is 0 Å². The number of nitrogens with zero attached hydrogens (tertiary/aromatic N) is 5. The van der Waals surface area contributed by atoms with E-state index >= 15 is 0 Å². The van der Waals surface area contributed by atoms with Crippen LogP contribution in [0.3, 0.4) is 0 Å². The second-order valence-corrected chi connectivity index (χ2v) is 13.5. The first-order valence-electron chi connectivity index (χ1n) is 18.3. The summed E-state index contributed by atoms with van der Waals surface area (Å²) < 4.78 is 3.13. The second kappa shape index (κ2) is 17.9. The molecule has 0 radical (unpaired) electrons. The van der Waals surface area contributed by atoms with E-state index < -0.39 is 0 Å². The Balaban J connectivity index is 0.000000193. The molecule has 14 nitrogen and oxygen atoms in total. The molecule has 2 amide bonds. The van der Waals surface area contributed by atoms with Crippen molar-refractivity contribution in [1.82, 2.24) is 35.4 Å². The molecule has 1 atom stereocenters. The number of nitrogens with one attached hydrogen (secondary N) is 3. The Morgan fingerprint density at radius 3 is 1.91 bits per heavy atom. The standard InChI is InChI=1S/C23H25N5O3.C18H21N3O3/c1-16-8-9-18(22(29)26-31-2)14-20(16)28-13-11-25-21(23(28)30)27-12-10-24-19(15-27)17-6-4-3-5-7-17;1-12-7-8-14(17(22)20-24-2)11-15(12)21-10-9-19-16(18(21)23)13-5-3-4-6-13/h3-9,11,13-14,19,24H,10,12,15H2,1-2H3,(H,26,29);7-11,13H,3-6H2,1-2H3,(H,20,22). The number of aromatic nitrogens is 4. The Labute approximate surface area is 319 Å². The van der Waals surface area contributed by atoms with Crippen LogP contribution in [0.5, 0.6) is 0 Å². The van der Waals surface area contributed by atoms with Crippen molar-refractivity contribution in [2.24, 2.45) is 0 Å². The number of hydrogen-bond acceptors (Lipinski definition) is 10. The maximum Gasteiger partial charge on any atom is 0.298 e. The van der Waals surface area contributed by atoms with Gasteiger partial charge in [-0.15, -0.1) is 0 Å². The number of amides is 2. The third-order valence-electron chi connectivity index (χ3n) is 9.96. The lowest BCUT2D eigenvalue weighted by atomic mass is 10.0. The molecule has 3 heterocycles. The number of aryl methyl sites for hydroxylation is 2. The zero-order valence-corrected chi connectivity index (χ0v) is 31.5. The average Bonchev–Trinajstić information content (AvgIpc) is 3.75. The summed E-state index contributed by atoms with van der Waals surface area (Å²) in [6, 6.07) is 20.7. The summed E-state index contributed by atoms with van der Waals surface area (Å²) >= 11 is 0. The Kier molecular flexibility index (Phi) is 12.6. The van der Waals surface area contributed by atoms with Gasteiger partial charge in [0.05, 0.1) is 25.6 Å². The first-order valence-corrected chi connectivity index (χ1v) is 18.3. The van der Waals surface area contributed by atoms with Crippen LogP contribution in [0.15, 0.2) is 101 Å². The highest BCUT2D eigenvalue weighted by Gasteiger charge is 2.25. The Morgan fingerprint density at radius 2 is 1.33 bits per heavy atom. The fourth-order valence-corrected chi connectivity index (χ4v) is 7.08. The number of rotatable bonds is 9. The minimum atomic E-state index is -0.376. The molecule has 2 aromatic heterocycles. The molecule has 1 saturated heterocycles. The quantitative estimate of drug-likeness (QED) is 0.184. The van der Waals surface area contributed by atoms with Crippen molar-refractivity contribution in [1.29, 1.82) is 0 Å². The predicted octanol–water partition coefficient (Wildman–Crippen LogP) is 4.47. The SMILES string of the molecule is CONC(=O)c1ccc(C)c(-n2ccnc(C3CCCC3)c2=O)c1.CONC(=O)c1ccc(C)c(-n2ccnc(N3CCNC(c4ccccc4)C3)c2=O)c1. The highest BCUT2D eigenvalue weighted by atomic mass is 16.6. The van der Waals surface area contributed by atoms with Crippen molar-refractivity contribution < 1.29 is 19.3 Å². The zero-order chi connectivity index (χ0) is 38.9. The summed E-state index contributed by atoms with van der Waals surface area (Å²) in [4.78, 5) is 70.5. The molecule has 1 unspecified atom stereocenters. The molecule has 2 aliphatic rings. The van der Waals surface area contributed by atoms with Gasteiger partial charge >= 0.3 is 0 Å². The first-order chi connectivity index (χ1) is 26.7. The van der Waals surface area contributed by atoms with Crippen LogP contribution in [0, 0.1) is 13.8 Å². The summed E-state index contributed by atoms with van der Waals surface area (Å²) in [5, 5.41) is 3.51. The number of benzene rings is 3. The average molecular weight is 747 g/mol. The van der Waals surface area contributed by atoms with Gasteiger partial charge in [-0.3, -0.25) is 43.0 Å². The van der Waals surface area contributed by atoms with Gasteiger partial charge < -0.3 is 10.2 Å². The van der Waals surface area contributed by atoms with Gasteiger partial charge in [-0.1, -0.05) is 55.3 Å². The summed E-state index contributed by atoms with van der Waals surface area (Å²) in [5.41, 5.74) is 10.0. The van der Waals surface area contributed by atoms with E-state index in [1.807, 2.05) is 49.1 Å². The van der Waals surface area contributed by atoms with E-state index in [4.69, 9.17) is 4.84 Å². The normalized spacial score (nSPS) is 15.6. The van der Waals surface area contributed by atoms with Crippen LogP contribution in [-0.2, 0) is 9.68 Å². The Hall–Kier alpha value is -5.96. The molecule has 1 aliphatic carbocycles. The Morgan fingerprint density at radius 1 is 0.764 bits per heavy atom. The van der Waals surface area contributed by atoms with E-state index in [1.54, 1.807) is 58.2 Å². The molecule has 1 aliphatic heterocycles. The largest absolute Gasteiger partial charge is 0.349 e. The molecule has 5 aromatic rings. The van der Waals surface area contributed by atoms with Crippen molar-refractivity contribution >= 4 is 17.6 Å².